The average Bonchev–Trinajstić information content (AvgIpc) is 2.43. The van der Waals surface area contributed by atoms with Crippen LogP contribution >= 0.6 is 0 Å². The maximum atomic E-state index is 11.9. The summed E-state index contributed by atoms with van der Waals surface area (Å²) >= 11 is 0. The van der Waals surface area contributed by atoms with Gasteiger partial charge in [-0.15, -0.1) is 0 Å². The van der Waals surface area contributed by atoms with E-state index in [2.05, 4.69) is 10.3 Å². The minimum Gasteiger partial charge on any atom is -0.507 e. The number of fused-ring (bicyclic) bond motifs is 1. The van der Waals surface area contributed by atoms with Gasteiger partial charge in [0, 0.05) is 11.4 Å². The molecule has 0 saturated heterocycles. The summed E-state index contributed by atoms with van der Waals surface area (Å²) in [5, 5.41) is 13.5. The van der Waals surface area contributed by atoms with E-state index in [1.807, 2.05) is 13.8 Å². The molecular weight excluding hydrogens is 256 g/mol. The Labute approximate surface area is 116 Å². The standard InChI is InChI=1S/C15H18N2O3/c1-3-9(2)16-13(18)8-11-14(19)10-6-4-5-7-12(10)17-15(11)20/h4-7,9H,3,8H2,1-2H3,(H,16,18)(H2,17,19,20). The molecular formula is C15H18N2O3. The Balaban J connectivity index is 2.35. The van der Waals surface area contributed by atoms with Crippen LogP contribution in [-0.2, 0) is 11.2 Å². The number of H-pyrrole nitrogens is 1. The Hall–Kier alpha value is -2.30. The van der Waals surface area contributed by atoms with Crippen molar-refractivity contribution in [2.45, 2.75) is 32.7 Å². The second-order valence-corrected chi connectivity index (χ2v) is 4.88. The number of amides is 1. The van der Waals surface area contributed by atoms with Gasteiger partial charge in [0.25, 0.3) is 5.56 Å². The van der Waals surface area contributed by atoms with Crippen molar-refractivity contribution < 1.29 is 9.90 Å². The molecule has 5 nitrogen and oxygen atoms in total. The molecule has 106 valence electrons. The molecule has 0 aliphatic heterocycles. The molecule has 0 fully saturated rings. The Morgan fingerprint density at radius 3 is 2.80 bits per heavy atom. The molecule has 20 heavy (non-hydrogen) atoms. The zero-order valence-corrected chi connectivity index (χ0v) is 11.6. The molecule has 0 radical (unpaired) electrons. The first-order chi connectivity index (χ1) is 9.52. The number of nitrogens with one attached hydrogen (secondary N) is 2. The van der Waals surface area contributed by atoms with Gasteiger partial charge in [-0.3, -0.25) is 9.59 Å². The fourth-order valence-electron chi connectivity index (χ4n) is 2.02. The molecule has 1 aromatic heterocycles. The fraction of sp³-hybridized carbons (Fsp3) is 0.333. The van der Waals surface area contributed by atoms with Crippen molar-refractivity contribution in [3.8, 4) is 5.75 Å². The van der Waals surface area contributed by atoms with E-state index in [1.54, 1.807) is 24.3 Å². The number of rotatable bonds is 4. The third-order valence-electron chi connectivity index (χ3n) is 3.35. The number of benzene rings is 1. The van der Waals surface area contributed by atoms with Crippen LogP contribution in [0.25, 0.3) is 10.9 Å². The molecule has 0 bridgehead atoms. The molecule has 2 aromatic rings. The van der Waals surface area contributed by atoms with Gasteiger partial charge in [-0.2, -0.15) is 0 Å². The van der Waals surface area contributed by atoms with Gasteiger partial charge in [0.15, 0.2) is 0 Å². The predicted octanol–water partition coefficient (Wildman–Crippen LogP) is 1.69. The molecule has 3 N–H and O–H groups in total. The van der Waals surface area contributed by atoms with Crippen LogP contribution in [0, 0.1) is 0 Å². The lowest BCUT2D eigenvalue weighted by molar-refractivity contribution is -0.121. The van der Waals surface area contributed by atoms with E-state index in [1.165, 1.54) is 0 Å². The maximum Gasteiger partial charge on any atom is 0.255 e. The van der Waals surface area contributed by atoms with Crippen LogP contribution in [0.15, 0.2) is 29.1 Å². The summed E-state index contributed by atoms with van der Waals surface area (Å²) < 4.78 is 0. The summed E-state index contributed by atoms with van der Waals surface area (Å²) in [7, 11) is 0. The largest absolute Gasteiger partial charge is 0.507 e. The van der Waals surface area contributed by atoms with E-state index in [4.69, 9.17) is 0 Å². The van der Waals surface area contributed by atoms with E-state index < -0.39 is 5.56 Å². The van der Waals surface area contributed by atoms with Gasteiger partial charge in [0.05, 0.1) is 17.5 Å². The molecule has 1 atom stereocenters. The van der Waals surface area contributed by atoms with Crippen molar-refractivity contribution in [2.24, 2.45) is 0 Å². The van der Waals surface area contributed by atoms with Gasteiger partial charge in [0.1, 0.15) is 5.75 Å². The van der Waals surface area contributed by atoms with Crippen molar-refractivity contribution in [3.63, 3.8) is 0 Å². The molecule has 0 spiro atoms. The van der Waals surface area contributed by atoms with Crippen LogP contribution < -0.4 is 10.9 Å². The number of para-hydroxylation sites is 1. The molecule has 0 aliphatic rings. The van der Waals surface area contributed by atoms with Gasteiger partial charge in [-0.1, -0.05) is 19.1 Å². The van der Waals surface area contributed by atoms with Crippen molar-refractivity contribution in [1.82, 2.24) is 10.3 Å². The molecule has 1 aromatic carbocycles. The lowest BCUT2D eigenvalue weighted by Crippen LogP contribution is -2.34. The van der Waals surface area contributed by atoms with Gasteiger partial charge >= 0.3 is 0 Å². The molecule has 1 unspecified atom stereocenters. The number of aromatic hydroxyl groups is 1. The highest BCUT2D eigenvalue weighted by atomic mass is 16.3. The topological polar surface area (TPSA) is 82.2 Å². The van der Waals surface area contributed by atoms with Crippen LogP contribution in [-0.4, -0.2) is 22.0 Å². The number of hydrogen-bond acceptors (Lipinski definition) is 3. The fourth-order valence-corrected chi connectivity index (χ4v) is 2.02. The third kappa shape index (κ3) is 2.82. The first kappa shape index (κ1) is 14.1. The van der Waals surface area contributed by atoms with E-state index in [9.17, 15) is 14.7 Å². The molecule has 5 heteroatoms. The highest BCUT2D eigenvalue weighted by Gasteiger charge is 2.15. The van der Waals surface area contributed by atoms with E-state index in [0.717, 1.165) is 6.42 Å². The zero-order valence-electron chi connectivity index (χ0n) is 11.6. The average molecular weight is 274 g/mol. The third-order valence-corrected chi connectivity index (χ3v) is 3.35. The zero-order chi connectivity index (χ0) is 14.7. The molecule has 0 aliphatic carbocycles. The van der Waals surface area contributed by atoms with Crippen LogP contribution in [0.1, 0.15) is 25.8 Å². The SMILES string of the molecule is CCC(C)NC(=O)Cc1c(O)c2ccccc2[nH]c1=O. The number of pyridine rings is 1. The van der Waals surface area contributed by atoms with Crippen LogP contribution in [0.5, 0.6) is 5.75 Å². The second kappa shape index (κ2) is 5.77. The minimum atomic E-state index is -0.430. The summed E-state index contributed by atoms with van der Waals surface area (Å²) in [5.74, 6) is -0.390. The summed E-state index contributed by atoms with van der Waals surface area (Å²) in [6.45, 7) is 3.85. The van der Waals surface area contributed by atoms with E-state index in [0.29, 0.717) is 10.9 Å². The number of carbonyl (C=O) groups excluding carboxylic acids is 1. The summed E-state index contributed by atoms with van der Waals surface area (Å²) in [6.07, 6.45) is 0.683. The number of hydrogen-bond donors (Lipinski definition) is 3. The summed E-state index contributed by atoms with van der Waals surface area (Å²) in [5.41, 5.74) is 0.228. The van der Waals surface area contributed by atoms with E-state index >= 15 is 0 Å². The number of aromatic nitrogens is 1. The Bertz CT molecular complexity index is 691. The van der Waals surface area contributed by atoms with Gasteiger partial charge in [-0.05, 0) is 25.5 Å². The molecule has 1 heterocycles. The predicted molar refractivity (Wildman–Crippen MR) is 77.8 cm³/mol. The van der Waals surface area contributed by atoms with E-state index in [-0.39, 0.29) is 29.7 Å². The Kier molecular flexibility index (Phi) is 4.08. The molecule has 2 rings (SSSR count). The van der Waals surface area contributed by atoms with Crippen molar-refractivity contribution >= 4 is 16.8 Å². The van der Waals surface area contributed by atoms with Crippen LogP contribution in [0.3, 0.4) is 0 Å². The second-order valence-electron chi connectivity index (χ2n) is 4.88. The summed E-state index contributed by atoms with van der Waals surface area (Å²) in [4.78, 5) is 26.5. The Morgan fingerprint density at radius 1 is 1.40 bits per heavy atom. The highest BCUT2D eigenvalue weighted by molar-refractivity contribution is 5.88. The van der Waals surface area contributed by atoms with Gasteiger partial charge in [-0.25, -0.2) is 0 Å². The number of carbonyl (C=O) groups is 1. The maximum absolute atomic E-state index is 11.9. The van der Waals surface area contributed by atoms with Crippen LogP contribution in [0.4, 0.5) is 0 Å². The molecule has 1 amide bonds. The lowest BCUT2D eigenvalue weighted by Gasteiger charge is -2.12. The van der Waals surface area contributed by atoms with Gasteiger partial charge in [0.2, 0.25) is 5.91 Å². The molecule has 0 saturated carbocycles. The highest BCUT2D eigenvalue weighted by Crippen LogP contribution is 2.24. The van der Waals surface area contributed by atoms with Crippen LogP contribution in [0.2, 0.25) is 0 Å². The quantitative estimate of drug-likeness (QED) is 0.793. The number of aromatic amines is 1. The Morgan fingerprint density at radius 2 is 2.10 bits per heavy atom. The first-order valence-electron chi connectivity index (χ1n) is 6.65. The normalized spacial score (nSPS) is 12.3. The van der Waals surface area contributed by atoms with Crippen molar-refractivity contribution in [1.29, 1.82) is 0 Å². The summed E-state index contributed by atoms with van der Waals surface area (Å²) in [6, 6.07) is 7.00. The van der Waals surface area contributed by atoms with Gasteiger partial charge < -0.3 is 15.4 Å². The van der Waals surface area contributed by atoms with Crippen molar-refractivity contribution in [3.05, 3.63) is 40.2 Å². The van der Waals surface area contributed by atoms with Crippen molar-refractivity contribution in [2.75, 3.05) is 0 Å². The lowest BCUT2D eigenvalue weighted by atomic mass is 10.1. The monoisotopic (exact) mass is 274 g/mol. The smallest absolute Gasteiger partial charge is 0.255 e. The first-order valence-corrected chi connectivity index (χ1v) is 6.65. The minimum absolute atomic E-state index is 0.0455.